The lowest BCUT2D eigenvalue weighted by Gasteiger charge is -2.32. The standard InChI is InChI=1S/C17H35N5O2/c1-6-19-16(20-11-14(24-5)17(2,3)4)21-13-7-9-22(10-8-13)12-15(18)23/h13-14H,6-12H2,1-5H3,(H2,18,23)(H2,19,20,21). The summed E-state index contributed by atoms with van der Waals surface area (Å²) in [5, 5.41) is 6.80. The maximum Gasteiger partial charge on any atom is 0.231 e. The average Bonchev–Trinajstić information content (AvgIpc) is 2.48. The van der Waals surface area contributed by atoms with E-state index >= 15 is 0 Å². The summed E-state index contributed by atoms with van der Waals surface area (Å²) in [6, 6.07) is 0.363. The molecule has 0 aromatic rings. The zero-order chi connectivity index (χ0) is 18.2. The van der Waals surface area contributed by atoms with E-state index in [0.29, 0.717) is 19.1 Å². The molecule has 1 amide bonds. The number of rotatable bonds is 7. The van der Waals surface area contributed by atoms with E-state index in [-0.39, 0.29) is 17.4 Å². The lowest BCUT2D eigenvalue weighted by molar-refractivity contribution is -0.119. The van der Waals surface area contributed by atoms with Crippen LogP contribution < -0.4 is 16.4 Å². The maximum absolute atomic E-state index is 11.0. The zero-order valence-electron chi connectivity index (χ0n) is 15.9. The van der Waals surface area contributed by atoms with Crippen molar-refractivity contribution in [2.75, 3.05) is 39.8 Å². The minimum Gasteiger partial charge on any atom is -0.379 e. The summed E-state index contributed by atoms with van der Waals surface area (Å²) in [7, 11) is 1.74. The number of piperidine rings is 1. The van der Waals surface area contributed by atoms with Crippen molar-refractivity contribution in [3.05, 3.63) is 0 Å². The minimum atomic E-state index is -0.260. The molecule has 0 bridgehead atoms. The first-order valence-corrected chi connectivity index (χ1v) is 8.84. The number of carbonyl (C=O) groups excluding carboxylic acids is 1. The minimum absolute atomic E-state index is 0.0513. The molecule has 1 aliphatic heterocycles. The molecule has 1 rings (SSSR count). The van der Waals surface area contributed by atoms with Crippen LogP contribution in [0.2, 0.25) is 0 Å². The molecule has 140 valence electrons. The molecule has 1 aliphatic rings. The van der Waals surface area contributed by atoms with Gasteiger partial charge in [-0.3, -0.25) is 14.7 Å². The van der Waals surface area contributed by atoms with Crippen LogP contribution in [0, 0.1) is 5.41 Å². The molecule has 0 aromatic heterocycles. The number of guanidine groups is 1. The van der Waals surface area contributed by atoms with Crippen molar-refractivity contribution in [1.82, 2.24) is 15.5 Å². The van der Waals surface area contributed by atoms with Crippen LogP contribution in [-0.4, -0.2) is 68.7 Å². The van der Waals surface area contributed by atoms with Crippen molar-refractivity contribution in [2.24, 2.45) is 16.1 Å². The Morgan fingerprint density at radius 3 is 2.46 bits per heavy atom. The van der Waals surface area contributed by atoms with E-state index in [2.05, 4.69) is 43.2 Å². The van der Waals surface area contributed by atoms with Crippen LogP contribution in [-0.2, 0) is 9.53 Å². The maximum atomic E-state index is 11.0. The van der Waals surface area contributed by atoms with Gasteiger partial charge in [0.15, 0.2) is 5.96 Å². The van der Waals surface area contributed by atoms with Crippen LogP contribution in [0.25, 0.3) is 0 Å². The van der Waals surface area contributed by atoms with E-state index in [9.17, 15) is 4.79 Å². The second-order valence-corrected chi connectivity index (χ2v) is 7.47. The molecule has 1 atom stereocenters. The highest BCUT2D eigenvalue weighted by atomic mass is 16.5. The van der Waals surface area contributed by atoms with Gasteiger partial charge < -0.3 is 21.1 Å². The normalized spacial score (nSPS) is 19.1. The van der Waals surface area contributed by atoms with Crippen LogP contribution in [0.5, 0.6) is 0 Å². The lowest BCUT2D eigenvalue weighted by atomic mass is 9.89. The second-order valence-electron chi connectivity index (χ2n) is 7.47. The van der Waals surface area contributed by atoms with Gasteiger partial charge in [0.1, 0.15) is 0 Å². The number of nitrogens with one attached hydrogen (secondary N) is 2. The second kappa shape index (κ2) is 9.84. The third kappa shape index (κ3) is 7.49. The number of primary amides is 1. The van der Waals surface area contributed by atoms with E-state index in [1.165, 1.54) is 0 Å². The number of carbonyl (C=O) groups is 1. The molecule has 0 spiro atoms. The van der Waals surface area contributed by atoms with Crippen molar-refractivity contribution in [3.63, 3.8) is 0 Å². The monoisotopic (exact) mass is 341 g/mol. The molecular formula is C17H35N5O2. The van der Waals surface area contributed by atoms with Crippen LogP contribution in [0.15, 0.2) is 4.99 Å². The molecule has 1 unspecified atom stereocenters. The van der Waals surface area contributed by atoms with Crippen molar-refractivity contribution >= 4 is 11.9 Å². The van der Waals surface area contributed by atoms with E-state index in [1.54, 1.807) is 7.11 Å². The SMILES string of the molecule is CCNC(=NCC(OC)C(C)(C)C)NC1CCN(CC(N)=O)CC1. The van der Waals surface area contributed by atoms with E-state index in [0.717, 1.165) is 38.4 Å². The third-order valence-electron chi connectivity index (χ3n) is 4.32. The number of hydrogen-bond donors (Lipinski definition) is 3. The van der Waals surface area contributed by atoms with Gasteiger partial charge in [0.2, 0.25) is 5.91 Å². The summed E-state index contributed by atoms with van der Waals surface area (Å²) in [5.41, 5.74) is 5.31. The fourth-order valence-corrected chi connectivity index (χ4v) is 2.85. The number of amides is 1. The quantitative estimate of drug-likeness (QED) is 0.465. The Hall–Kier alpha value is -1.34. The van der Waals surface area contributed by atoms with E-state index < -0.39 is 0 Å². The average molecular weight is 342 g/mol. The molecule has 1 heterocycles. The van der Waals surface area contributed by atoms with Gasteiger partial charge in [0.05, 0.1) is 19.2 Å². The summed E-state index contributed by atoms with van der Waals surface area (Å²) >= 11 is 0. The Morgan fingerprint density at radius 2 is 2.00 bits per heavy atom. The Morgan fingerprint density at radius 1 is 1.38 bits per heavy atom. The van der Waals surface area contributed by atoms with Gasteiger partial charge in [-0.1, -0.05) is 20.8 Å². The summed E-state index contributed by atoms with van der Waals surface area (Å²) in [4.78, 5) is 17.8. The molecule has 7 heteroatoms. The number of methoxy groups -OCH3 is 1. The lowest BCUT2D eigenvalue weighted by Crippen LogP contribution is -2.50. The highest BCUT2D eigenvalue weighted by Crippen LogP contribution is 2.21. The summed E-state index contributed by atoms with van der Waals surface area (Å²) < 4.78 is 5.57. The number of nitrogens with two attached hydrogens (primary N) is 1. The summed E-state index contributed by atoms with van der Waals surface area (Å²) in [6.45, 7) is 12.1. The van der Waals surface area contributed by atoms with Crippen LogP contribution in [0.1, 0.15) is 40.5 Å². The molecule has 0 saturated carbocycles. The Balaban J connectivity index is 2.54. The summed E-state index contributed by atoms with van der Waals surface area (Å²) in [5.74, 6) is 0.571. The number of likely N-dealkylation sites (tertiary alicyclic amines) is 1. The molecule has 0 aliphatic carbocycles. The molecule has 0 radical (unpaired) electrons. The number of aliphatic imine (C=N–C) groups is 1. The number of ether oxygens (including phenoxy) is 1. The molecule has 1 saturated heterocycles. The van der Waals surface area contributed by atoms with Gasteiger partial charge in [-0.25, -0.2) is 0 Å². The van der Waals surface area contributed by atoms with Crippen molar-refractivity contribution < 1.29 is 9.53 Å². The zero-order valence-corrected chi connectivity index (χ0v) is 15.9. The molecule has 4 N–H and O–H groups in total. The Kier molecular flexibility index (Phi) is 8.48. The van der Waals surface area contributed by atoms with Crippen LogP contribution in [0.3, 0.4) is 0 Å². The first kappa shape index (κ1) is 20.7. The molecule has 7 nitrogen and oxygen atoms in total. The van der Waals surface area contributed by atoms with Gasteiger partial charge in [0, 0.05) is 32.8 Å². The van der Waals surface area contributed by atoms with Crippen molar-refractivity contribution in [2.45, 2.75) is 52.7 Å². The smallest absolute Gasteiger partial charge is 0.231 e. The topological polar surface area (TPSA) is 92.0 Å². The molecule has 0 aromatic carbocycles. The fraction of sp³-hybridized carbons (Fsp3) is 0.882. The first-order chi connectivity index (χ1) is 11.3. The Bertz CT molecular complexity index is 412. The van der Waals surface area contributed by atoms with Crippen molar-refractivity contribution in [3.8, 4) is 0 Å². The van der Waals surface area contributed by atoms with Gasteiger partial charge in [-0.05, 0) is 25.2 Å². The van der Waals surface area contributed by atoms with Crippen molar-refractivity contribution in [1.29, 1.82) is 0 Å². The van der Waals surface area contributed by atoms with E-state index in [1.807, 2.05) is 0 Å². The fourth-order valence-electron chi connectivity index (χ4n) is 2.85. The van der Waals surface area contributed by atoms with Crippen LogP contribution in [0.4, 0.5) is 0 Å². The van der Waals surface area contributed by atoms with E-state index in [4.69, 9.17) is 15.5 Å². The molecule has 1 fully saturated rings. The summed E-state index contributed by atoms with van der Waals surface area (Å²) in [6.07, 6.45) is 2.03. The third-order valence-corrected chi connectivity index (χ3v) is 4.32. The predicted molar refractivity (Wildman–Crippen MR) is 98.0 cm³/mol. The Labute approximate surface area is 146 Å². The van der Waals surface area contributed by atoms with Gasteiger partial charge in [0.25, 0.3) is 0 Å². The molecular weight excluding hydrogens is 306 g/mol. The van der Waals surface area contributed by atoms with Gasteiger partial charge >= 0.3 is 0 Å². The number of hydrogen-bond acceptors (Lipinski definition) is 4. The predicted octanol–water partition coefficient (Wildman–Crippen LogP) is 0.552. The van der Waals surface area contributed by atoms with Gasteiger partial charge in [-0.2, -0.15) is 0 Å². The first-order valence-electron chi connectivity index (χ1n) is 8.84. The molecule has 24 heavy (non-hydrogen) atoms. The van der Waals surface area contributed by atoms with Crippen LogP contribution >= 0.6 is 0 Å². The highest BCUT2D eigenvalue weighted by Gasteiger charge is 2.25. The van der Waals surface area contributed by atoms with Gasteiger partial charge in [-0.15, -0.1) is 0 Å². The highest BCUT2D eigenvalue weighted by molar-refractivity contribution is 5.80. The largest absolute Gasteiger partial charge is 0.379 e. The number of nitrogens with zero attached hydrogens (tertiary/aromatic N) is 2.